The largest absolute Gasteiger partial charge is 0.497 e. The number of nitrogens with zero attached hydrogens (tertiary/aromatic N) is 3. The summed E-state index contributed by atoms with van der Waals surface area (Å²) >= 11 is 0. The molecule has 1 aromatic carbocycles. The minimum absolute atomic E-state index is 0.251. The normalized spacial score (nSPS) is 19.4. The number of fused-ring (bicyclic) bond motifs is 1. The van der Waals surface area contributed by atoms with Crippen LogP contribution >= 0.6 is 0 Å². The van der Waals surface area contributed by atoms with Crippen molar-refractivity contribution in [1.82, 2.24) is 20.7 Å². The van der Waals surface area contributed by atoms with Crippen molar-refractivity contribution in [3.05, 3.63) is 36.9 Å². The van der Waals surface area contributed by atoms with E-state index in [1.807, 2.05) is 29.2 Å². The molecule has 9 heteroatoms. The molecular weight excluding hydrogens is 338 g/mol. The number of anilines is 1. The van der Waals surface area contributed by atoms with Gasteiger partial charge in [-0.15, -0.1) is 6.58 Å². The first kappa shape index (κ1) is 17.7. The monoisotopic (exact) mass is 359 g/mol. The van der Waals surface area contributed by atoms with Gasteiger partial charge >= 0.3 is 11.8 Å². The first-order valence-corrected chi connectivity index (χ1v) is 8.22. The number of methoxy groups -OCH3 is 1. The molecule has 1 aromatic rings. The average molecular weight is 359 g/mol. The van der Waals surface area contributed by atoms with Gasteiger partial charge in [0, 0.05) is 25.3 Å². The number of carbonyl (C=O) groups is 3. The van der Waals surface area contributed by atoms with Crippen molar-refractivity contribution in [2.24, 2.45) is 0 Å². The molecule has 1 unspecified atom stereocenters. The Morgan fingerprint density at radius 1 is 1.27 bits per heavy atom. The maximum atomic E-state index is 12.4. The SMILES string of the molecule is C=CCNC(=O)CN1NC2N(CCN2c2ccc(OC)cc2)C(=O)C1=O. The van der Waals surface area contributed by atoms with Crippen LogP contribution in [0.15, 0.2) is 36.9 Å². The van der Waals surface area contributed by atoms with E-state index in [0.717, 1.165) is 16.4 Å². The Hall–Kier alpha value is -3.07. The Balaban J connectivity index is 1.75. The molecule has 2 saturated heterocycles. The van der Waals surface area contributed by atoms with Gasteiger partial charge < -0.3 is 15.0 Å². The number of nitrogens with one attached hydrogen (secondary N) is 2. The molecule has 2 heterocycles. The third-order valence-electron chi connectivity index (χ3n) is 4.28. The van der Waals surface area contributed by atoms with Crippen LogP contribution in [0, 0.1) is 0 Å². The first-order chi connectivity index (χ1) is 12.5. The zero-order valence-corrected chi connectivity index (χ0v) is 14.5. The van der Waals surface area contributed by atoms with Crippen LogP contribution < -0.4 is 20.4 Å². The van der Waals surface area contributed by atoms with Gasteiger partial charge in [-0.05, 0) is 24.3 Å². The van der Waals surface area contributed by atoms with Gasteiger partial charge in [-0.25, -0.2) is 0 Å². The highest BCUT2D eigenvalue weighted by Gasteiger charge is 2.45. The zero-order chi connectivity index (χ0) is 18.7. The topological polar surface area (TPSA) is 94.2 Å². The molecule has 3 amide bonds. The van der Waals surface area contributed by atoms with Gasteiger partial charge in [0.1, 0.15) is 12.3 Å². The number of carbonyl (C=O) groups excluding carboxylic acids is 3. The molecule has 0 aromatic heterocycles. The fraction of sp³-hybridized carbons (Fsp3) is 0.353. The van der Waals surface area contributed by atoms with Crippen LogP contribution in [0.1, 0.15) is 0 Å². The quantitative estimate of drug-likeness (QED) is 0.514. The predicted octanol–water partition coefficient (Wildman–Crippen LogP) is -0.724. The van der Waals surface area contributed by atoms with Gasteiger partial charge in [0.05, 0.1) is 7.11 Å². The number of amides is 3. The number of benzene rings is 1. The van der Waals surface area contributed by atoms with E-state index in [1.54, 1.807) is 13.2 Å². The van der Waals surface area contributed by atoms with E-state index < -0.39 is 18.1 Å². The molecule has 0 bridgehead atoms. The van der Waals surface area contributed by atoms with Crippen LogP contribution in [0.2, 0.25) is 0 Å². The number of hydrogen-bond donors (Lipinski definition) is 2. The lowest BCUT2D eigenvalue weighted by atomic mass is 10.3. The maximum absolute atomic E-state index is 12.4. The summed E-state index contributed by atoms with van der Waals surface area (Å²) in [6, 6.07) is 7.42. The Labute approximate surface area is 151 Å². The van der Waals surface area contributed by atoms with Crippen molar-refractivity contribution in [3.63, 3.8) is 0 Å². The number of hydrogen-bond acceptors (Lipinski definition) is 6. The lowest BCUT2D eigenvalue weighted by Crippen LogP contribution is -2.68. The van der Waals surface area contributed by atoms with E-state index in [4.69, 9.17) is 4.74 Å². The maximum Gasteiger partial charge on any atom is 0.326 e. The summed E-state index contributed by atoms with van der Waals surface area (Å²) in [7, 11) is 1.59. The minimum atomic E-state index is -0.744. The molecular formula is C17H21N5O4. The molecule has 2 N–H and O–H groups in total. The summed E-state index contributed by atoms with van der Waals surface area (Å²) in [5, 5.41) is 3.65. The van der Waals surface area contributed by atoms with E-state index in [9.17, 15) is 14.4 Å². The molecule has 0 aliphatic carbocycles. The van der Waals surface area contributed by atoms with Gasteiger partial charge in [0.25, 0.3) is 0 Å². The summed E-state index contributed by atoms with van der Waals surface area (Å²) in [6.07, 6.45) is 1.01. The second-order valence-corrected chi connectivity index (χ2v) is 5.88. The highest BCUT2D eigenvalue weighted by Crippen LogP contribution is 2.26. The second kappa shape index (κ2) is 7.44. The van der Waals surface area contributed by atoms with Crippen molar-refractivity contribution >= 4 is 23.4 Å². The van der Waals surface area contributed by atoms with Crippen LogP contribution in [0.5, 0.6) is 5.75 Å². The van der Waals surface area contributed by atoms with Crippen molar-refractivity contribution in [1.29, 1.82) is 0 Å². The molecule has 0 spiro atoms. The van der Waals surface area contributed by atoms with Crippen LogP contribution in [-0.4, -0.2) is 67.2 Å². The third-order valence-corrected chi connectivity index (χ3v) is 4.28. The number of hydrazine groups is 1. The number of rotatable bonds is 6. The van der Waals surface area contributed by atoms with E-state index in [-0.39, 0.29) is 12.5 Å². The average Bonchev–Trinajstić information content (AvgIpc) is 3.08. The van der Waals surface area contributed by atoms with Crippen molar-refractivity contribution < 1.29 is 19.1 Å². The van der Waals surface area contributed by atoms with Crippen LogP contribution in [0.25, 0.3) is 0 Å². The van der Waals surface area contributed by atoms with Crippen molar-refractivity contribution in [3.8, 4) is 5.75 Å². The molecule has 2 aliphatic heterocycles. The molecule has 3 rings (SSSR count). The Morgan fingerprint density at radius 3 is 2.62 bits per heavy atom. The number of ether oxygens (including phenoxy) is 1. The molecule has 9 nitrogen and oxygen atoms in total. The Morgan fingerprint density at radius 2 is 1.96 bits per heavy atom. The summed E-state index contributed by atoms with van der Waals surface area (Å²) < 4.78 is 5.16. The van der Waals surface area contributed by atoms with Gasteiger partial charge in [-0.3, -0.25) is 24.3 Å². The highest BCUT2D eigenvalue weighted by molar-refractivity contribution is 6.35. The Bertz CT molecular complexity index is 720. The lowest BCUT2D eigenvalue weighted by molar-refractivity contribution is -0.163. The van der Waals surface area contributed by atoms with Crippen molar-refractivity contribution in [2.75, 3.05) is 38.2 Å². The van der Waals surface area contributed by atoms with Gasteiger partial charge in [-0.2, -0.15) is 5.43 Å². The summed E-state index contributed by atoms with van der Waals surface area (Å²) in [6.45, 7) is 4.55. The lowest BCUT2D eigenvalue weighted by Gasteiger charge is -2.40. The van der Waals surface area contributed by atoms with Gasteiger partial charge in [-0.1, -0.05) is 6.08 Å². The molecule has 26 heavy (non-hydrogen) atoms. The standard InChI is InChI=1S/C17H21N5O4/c1-3-8-18-14(23)11-22-16(25)15(24)21-10-9-20(17(21)19-22)12-4-6-13(26-2)7-5-12/h3-7,17,19H,1,8-11H2,2H3,(H,18,23). The summed E-state index contributed by atoms with van der Waals surface area (Å²) in [5.41, 5.74) is 3.86. The summed E-state index contributed by atoms with van der Waals surface area (Å²) in [5.74, 6) is -1.01. The fourth-order valence-corrected chi connectivity index (χ4v) is 2.96. The summed E-state index contributed by atoms with van der Waals surface area (Å²) in [4.78, 5) is 39.9. The zero-order valence-electron chi connectivity index (χ0n) is 14.5. The van der Waals surface area contributed by atoms with E-state index in [0.29, 0.717) is 19.6 Å². The third kappa shape index (κ3) is 3.33. The van der Waals surface area contributed by atoms with E-state index >= 15 is 0 Å². The minimum Gasteiger partial charge on any atom is -0.497 e. The molecule has 138 valence electrons. The smallest absolute Gasteiger partial charge is 0.326 e. The fourth-order valence-electron chi connectivity index (χ4n) is 2.96. The van der Waals surface area contributed by atoms with Crippen molar-refractivity contribution in [2.45, 2.75) is 6.29 Å². The molecule has 0 saturated carbocycles. The molecule has 1 atom stereocenters. The van der Waals surface area contributed by atoms with E-state index in [2.05, 4.69) is 17.3 Å². The molecule has 0 radical (unpaired) electrons. The first-order valence-electron chi connectivity index (χ1n) is 8.22. The molecule has 2 aliphatic rings. The van der Waals surface area contributed by atoms with Crippen LogP contribution in [0.4, 0.5) is 5.69 Å². The second-order valence-electron chi connectivity index (χ2n) is 5.88. The van der Waals surface area contributed by atoms with Gasteiger partial charge in [0.2, 0.25) is 5.91 Å². The highest BCUT2D eigenvalue weighted by atomic mass is 16.5. The predicted molar refractivity (Wildman–Crippen MR) is 93.9 cm³/mol. The molecule has 2 fully saturated rings. The van der Waals surface area contributed by atoms with Gasteiger partial charge in [0.15, 0.2) is 6.29 Å². The van der Waals surface area contributed by atoms with E-state index in [1.165, 1.54) is 4.90 Å². The van der Waals surface area contributed by atoms with Crippen LogP contribution in [0.3, 0.4) is 0 Å². The Kier molecular flexibility index (Phi) is 5.08. The van der Waals surface area contributed by atoms with Crippen LogP contribution in [-0.2, 0) is 14.4 Å².